The van der Waals surface area contributed by atoms with Crippen LogP contribution in [0.2, 0.25) is 0 Å². The minimum atomic E-state index is -0.309. The lowest BCUT2D eigenvalue weighted by molar-refractivity contribution is -0.144. The van der Waals surface area contributed by atoms with Crippen LogP contribution in [-0.4, -0.2) is 26.2 Å². The number of carbonyl (C=O) groups excluding carboxylic acids is 1. The van der Waals surface area contributed by atoms with Crippen molar-refractivity contribution in [2.24, 2.45) is 0 Å². The van der Waals surface area contributed by atoms with E-state index in [4.69, 9.17) is 4.74 Å². The maximum Gasteiger partial charge on any atom is 0.310 e. The summed E-state index contributed by atoms with van der Waals surface area (Å²) in [5.41, 5.74) is 2.90. The summed E-state index contributed by atoms with van der Waals surface area (Å²) in [5, 5.41) is 11.5. The first kappa shape index (κ1) is 14.9. The molecule has 6 nitrogen and oxygen atoms in total. The number of rotatable bonds is 5. The second kappa shape index (κ2) is 6.83. The van der Waals surface area contributed by atoms with Crippen molar-refractivity contribution < 1.29 is 9.53 Å². The molecule has 0 saturated heterocycles. The van der Waals surface area contributed by atoms with Gasteiger partial charge in [-0.25, -0.2) is 0 Å². The second-order valence-corrected chi connectivity index (χ2v) is 5.17. The van der Waals surface area contributed by atoms with Gasteiger partial charge in [0.1, 0.15) is 0 Å². The highest BCUT2D eigenvalue weighted by Crippen LogP contribution is 2.09. The monoisotopic (exact) mass is 308 g/mol. The second-order valence-electron chi connectivity index (χ2n) is 5.17. The summed E-state index contributed by atoms with van der Waals surface area (Å²) in [7, 11) is 0. The van der Waals surface area contributed by atoms with Gasteiger partial charge in [-0.15, -0.1) is 5.10 Å². The number of benzene rings is 2. The number of carbonyl (C=O) groups is 1. The summed E-state index contributed by atoms with van der Waals surface area (Å²) in [6.45, 7) is 2.04. The molecule has 0 saturated carbocycles. The quantitative estimate of drug-likeness (QED) is 0.676. The van der Waals surface area contributed by atoms with Crippen molar-refractivity contribution >= 4 is 5.97 Å². The number of nitrogens with zero attached hydrogens (tertiary/aromatic N) is 4. The fraction of sp³-hybridized carbons (Fsp3) is 0.176. The average molecular weight is 308 g/mol. The molecular weight excluding hydrogens is 292 g/mol. The molecule has 0 aliphatic heterocycles. The van der Waals surface area contributed by atoms with E-state index in [-0.39, 0.29) is 19.0 Å². The van der Waals surface area contributed by atoms with Crippen LogP contribution < -0.4 is 0 Å². The van der Waals surface area contributed by atoms with Crippen LogP contribution in [0.3, 0.4) is 0 Å². The third-order valence-electron chi connectivity index (χ3n) is 3.37. The Balaban J connectivity index is 1.62. The number of hydrogen-bond acceptors (Lipinski definition) is 5. The molecule has 0 fully saturated rings. The van der Waals surface area contributed by atoms with E-state index in [1.165, 1.54) is 0 Å². The molecule has 23 heavy (non-hydrogen) atoms. The highest BCUT2D eigenvalue weighted by Gasteiger charge is 2.11. The minimum Gasteiger partial charge on any atom is -0.457 e. The summed E-state index contributed by atoms with van der Waals surface area (Å²) >= 11 is 0. The Labute approximate surface area is 133 Å². The molecule has 2 aromatic carbocycles. The van der Waals surface area contributed by atoms with Gasteiger partial charge in [0.2, 0.25) is 0 Å². The van der Waals surface area contributed by atoms with Crippen LogP contribution in [-0.2, 0) is 22.6 Å². The highest BCUT2D eigenvalue weighted by atomic mass is 16.5. The van der Waals surface area contributed by atoms with E-state index >= 15 is 0 Å². The Morgan fingerprint density at radius 1 is 1.09 bits per heavy atom. The van der Waals surface area contributed by atoms with Crippen molar-refractivity contribution in [3.05, 3.63) is 71.5 Å². The molecule has 0 unspecified atom stereocenters. The number of aromatic nitrogens is 4. The first-order valence-electron chi connectivity index (χ1n) is 7.26. The Bertz CT molecular complexity index is 782. The zero-order valence-corrected chi connectivity index (χ0v) is 12.7. The summed E-state index contributed by atoms with van der Waals surface area (Å²) in [5.74, 6) is 0.171. The van der Waals surface area contributed by atoms with Crippen molar-refractivity contribution in [1.29, 1.82) is 0 Å². The fourth-order valence-electron chi connectivity index (χ4n) is 2.13. The van der Waals surface area contributed by atoms with Crippen molar-refractivity contribution in [3.63, 3.8) is 0 Å². The molecule has 116 valence electrons. The van der Waals surface area contributed by atoms with Crippen LogP contribution in [0.4, 0.5) is 0 Å². The molecule has 1 heterocycles. The Hall–Kier alpha value is -3.02. The maximum atomic E-state index is 11.9. The Morgan fingerprint density at radius 3 is 2.57 bits per heavy atom. The summed E-state index contributed by atoms with van der Waals surface area (Å²) in [6, 6.07) is 17.2. The number of aryl methyl sites for hydroxylation is 1. The average Bonchev–Trinajstić information content (AvgIpc) is 3.04. The largest absolute Gasteiger partial charge is 0.457 e. The molecule has 0 radical (unpaired) electrons. The molecule has 0 aliphatic rings. The van der Waals surface area contributed by atoms with Crippen LogP contribution in [0, 0.1) is 6.92 Å². The van der Waals surface area contributed by atoms with Gasteiger partial charge in [-0.2, -0.15) is 4.68 Å². The molecule has 0 N–H and O–H groups in total. The van der Waals surface area contributed by atoms with Gasteiger partial charge in [0, 0.05) is 0 Å². The lowest BCUT2D eigenvalue weighted by Gasteiger charge is -2.06. The highest BCUT2D eigenvalue weighted by molar-refractivity contribution is 5.72. The molecule has 0 spiro atoms. The summed E-state index contributed by atoms with van der Waals surface area (Å²) in [6.07, 6.45) is 0.229. The van der Waals surface area contributed by atoms with Crippen molar-refractivity contribution in [3.8, 4) is 5.69 Å². The maximum absolute atomic E-state index is 11.9. The SMILES string of the molecule is Cc1ccc(CC(=O)OCc2nnnn2-c2ccccc2)cc1. The van der Waals surface area contributed by atoms with Gasteiger partial charge < -0.3 is 4.74 Å². The number of para-hydroxylation sites is 1. The predicted molar refractivity (Wildman–Crippen MR) is 83.8 cm³/mol. The smallest absolute Gasteiger partial charge is 0.310 e. The van der Waals surface area contributed by atoms with Crippen LogP contribution in [0.15, 0.2) is 54.6 Å². The lowest BCUT2D eigenvalue weighted by atomic mass is 10.1. The van der Waals surface area contributed by atoms with E-state index in [2.05, 4.69) is 15.5 Å². The zero-order valence-electron chi connectivity index (χ0n) is 12.7. The number of ether oxygens (including phenoxy) is 1. The van der Waals surface area contributed by atoms with E-state index in [0.29, 0.717) is 5.82 Å². The van der Waals surface area contributed by atoms with Crippen LogP contribution >= 0.6 is 0 Å². The molecule has 6 heteroatoms. The van der Waals surface area contributed by atoms with Gasteiger partial charge in [-0.3, -0.25) is 4.79 Å². The molecule has 3 aromatic rings. The Kier molecular flexibility index (Phi) is 4.42. The van der Waals surface area contributed by atoms with Gasteiger partial charge in [0.25, 0.3) is 0 Å². The number of hydrogen-bond donors (Lipinski definition) is 0. The molecule has 0 bridgehead atoms. The van der Waals surface area contributed by atoms with Crippen molar-refractivity contribution in [2.45, 2.75) is 20.0 Å². The van der Waals surface area contributed by atoms with Crippen molar-refractivity contribution in [2.75, 3.05) is 0 Å². The molecular formula is C17H16N4O2. The zero-order chi connectivity index (χ0) is 16.1. The van der Waals surface area contributed by atoms with Crippen LogP contribution in [0.5, 0.6) is 0 Å². The van der Waals surface area contributed by atoms with Gasteiger partial charge in [-0.05, 0) is 35.0 Å². The van der Waals surface area contributed by atoms with E-state index in [1.807, 2.05) is 61.5 Å². The first-order chi connectivity index (χ1) is 11.2. The molecule has 0 atom stereocenters. The van der Waals surface area contributed by atoms with Crippen LogP contribution in [0.1, 0.15) is 17.0 Å². The standard InChI is InChI=1S/C17H16N4O2/c1-13-7-9-14(10-8-13)11-17(22)23-12-16-18-19-20-21(16)15-5-3-2-4-6-15/h2-10H,11-12H2,1H3. The summed E-state index contributed by atoms with van der Waals surface area (Å²) < 4.78 is 6.84. The fourth-order valence-corrected chi connectivity index (χ4v) is 2.13. The molecule has 0 aliphatic carbocycles. The topological polar surface area (TPSA) is 69.9 Å². The first-order valence-corrected chi connectivity index (χ1v) is 7.26. The van der Waals surface area contributed by atoms with Gasteiger partial charge >= 0.3 is 5.97 Å². The third kappa shape index (κ3) is 3.79. The van der Waals surface area contributed by atoms with E-state index in [0.717, 1.165) is 16.8 Å². The number of tetrazole rings is 1. The predicted octanol–water partition coefficient (Wildman–Crippen LogP) is 2.26. The van der Waals surface area contributed by atoms with Gasteiger partial charge in [-0.1, -0.05) is 48.0 Å². The molecule has 3 rings (SSSR count). The Morgan fingerprint density at radius 2 is 1.83 bits per heavy atom. The summed E-state index contributed by atoms with van der Waals surface area (Å²) in [4.78, 5) is 11.9. The van der Waals surface area contributed by atoms with Crippen LogP contribution in [0.25, 0.3) is 5.69 Å². The van der Waals surface area contributed by atoms with E-state index < -0.39 is 0 Å². The van der Waals surface area contributed by atoms with Gasteiger partial charge in [0.05, 0.1) is 12.1 Å². The van der Waals surface area contributed by atoms with Crippen molar-refractivity contribution in [1.82, 2.24) is 20.2 Å². The number of esters is 1. The normalized spacial score (nSPS) is 10.5. The minimum absolute atomic E-state index is 0.0343. The van der Waals surface area contributed by atoms with E-state index in [9.17, 15) is 4.79 Å². The third-order valence-corrected chi connectivity index (χ3v) is 3.37. The van der Waals surface area contributed by atoms with Gasteiger partial charge in [0.15, 0.2) is 12.4 Å². The van der Waals surface area contributed by atoms with E-state index in [1.54, 1.807) is 4.68 Å². The lowest BCUT2D eigenvalue weighted by Crippen LogP contribution is -2.11. The molecule has 0 amide bonds. The molecule has 1 aromatic heterocycles.